The molecule has 0 amide bonds. The van der Waals surface area contributed by atoms with E-state index in [9.17, 15) is 8.42 Å². The Morgan fingerprint density at radius 2 is 1.19 bits per heavy atom. The van der Waals surface area contributed by atoms with Gasteiger partial charge in [0.15, 0.2) is 0 Å². The van der Waals surface area contributed by atoms with Crippen LogP contribution in [-0.4, -0.2) is 30.1 Å². The Morgan fingerprint density at radius 3 is 1.77 bits per heavy atom. The highest BCUT2D eigenvalue weighted by atomic mass is 32.2. The Kier molecular flexibility index (Phi) is 6.77. The van der Waals surface area contributed by atoms with Crippen molar-refractivity contribution in [2.24, 2.45) is 0 Å². The number of hydrogen-bond acceptors (Lipinski definition) is 2. The average Bonchev–Trinajstić information content (AvgIpc) is 2.91. The van der Waals surface area contributed by atoms with Crippen molar-refractivity contribution in [2.45, 2.75) is 13.1 Å². The molecule has 0 radical (unpaired) electrons. The predicted octanol–water partition coefficient (Wildman–Crippen LogP) is 4.89. The standard InChI is InChI=1S/C26H26N2O2S/c29-31(30)27(20-24-12-6-2-7-13-24)19-18-26(17-16-23-10-4-1-5-11-23)22-28(31)21-25-14-8-3-9-15-25/h1-18H,19-22H2. The van der Waals surface area contributed by atoms with Crippen LogP contribution in [0.25, 0.3) is 6.08 Å². The molecule has 0 saturated carbocycles. The SMILES string of the molecule is O=S1(=O)N(Cc2ccccc2)CC=C(C=Cc2ccccc2)CN1Cc1ccccc1. The highest BCUT2D eigenvalue weighted by molar-refractivity contribution is 7.86. The molecule has 0 atom stereocenters. The number of nitrogens with zero attached hydrogens (tertiary/aromatic N) is 2. The molecule has 0 aliphatic carbocycles. The van der Waals surface area contributed by atoms with Crippen molar-refractivity contribution in [3.8, 4) is 0 Å². The van der Waals surface area contributed by atoms with Crippen LogP contribution in [0.3, 0.4) is 0 Å². The fraction of sp³-hybridized carbons (Fsp3) is 0.154. The molecule has 0 saturated heterocycles. The lowest BCUT2D eigenvalue weighted by molar-refractivity contribution is 0.362. The molecule has 0 spiro atoms. The fourth-order valence-electron chi connectivity index (χ4n) is 3.57. The van der Waals surface area contributed by atoms with Crippen LogP contribution in [0.2, 0.25) is 0 Å². The minimum Gasteiger partial charge on any atom is -0.195 e. The third kappa shape index (κ3) is 5.58. The Hall–Kier alpha value is -2.99. The third-order valence-corrected chi connectivity index (χ3v) is 7.10. The van der Waals surface area contributed by atoms with E-state index in [1.807, 2.05) is 109 Å². The first-order chi connectivity index (χ1) is 15.1. The molecular formula is C26H26N2O2S. The first-order valence-electron chi connectivity index (χ1n) is 10.4. The first-order valence-corrected chi connectivity index (χ1v) is 11.8. The molecule has 0 N–H and O–H groups in total. The van der Waals surface area contributed by atoms with Gasteiger partial charge in [-0.3, -0.25) is 0 Å². The maximum absolute atomic E-state index is 13.6. The Labute approximate surface area is 184 Å². The van der Waals surface area contributed by atoms with Crippen LogP contribution in [0, 0.1) is 0 Å². The molecule has 1 aliphatic heterocycles. The van der Waals surface area contributed by atoms with Crippen LogP contribution in [0.4, 0.5) is 0 Å². The van der Waals surface area contributed by atoms with Gasteiger partial charge in [0.1, 0.15) is 0 Å². The monoisotopic (exact) mass is 430 g/mol. The molecule has 3 aromatic carbocycles. The molecule has 3 aromatic rings. The van der Waals surface area contributed by atoms with Crippen LogP contribution in [0.15, 0.2) is 109 Å². The van der Waals surface area contributed by atoms with Gasteiger partial charge in [-0.05, 0) is 22.3 Å². The Morgan fingerprint density at radius 1 is 0.677 bits per heavy atom. The van der Waals surface area contributed by atoms with Crippen molar-refractivity contribution in [1.82, 2.24) is 8.61 Å². The van der Waals surface area contributed by atoms with Crippen LogP contribution < -0.4 is 0 Å². The summed E-state index contributed by atoms with van der Waals surface area (Å²) < 4.78 is 30.2. The predicted molar refractivity (Wildman–Crippen MR) is 126 cm³/mol. The summed E-state index contributed by atoms with van der Waals surface area (Å²) in [7, 11) is -3.63. The molecule has 158 valence electrons. The van der Waals surface area contributed by atoms with E-state index in [-0.39, 0.29) is 0 Å². The van der Waals surface area contributed by atoms with E-state index in [1.165, 1.54) is 0 Å². The summed E-state index contributed by atoms with van der Waals surface area (Å²) >= 11 is 0. The van der Waals surface area contributed by atoms with Crippen LogP contribution in [0.5, 0.6) is 0 Å². The van der Waals surface area contributed by atoms with Gasteiger partial charge in [-0.15, -0.1) is 0 Å². The summed E-state index contributed by atoms with van der Waals surface area (Å²) in [5.41, 5.74) is 4.02. The van der Waals surface area contributed by atoms with Crippen molar-refractivity contribution in [2.75, 3.05) is 13.1 Å². The lowest BCUT2D eigenvalue weighted by Gasteiger charge is -2.27. The van der Waals surface area contributed by atoms with Gasteiger partial charge in [-0.25, -0.2) is 0 Å². The normalized spacial score (nSPS) is 17.4. The Bertz CT molecular complexity index is 1140. The summed E-state index contributed by atoms with van der Waals surface area (Å²) in [6.45, 7) is 1.37. The highest BCUT2D eigenvalue weighted by Crippen LogP contribution is 2.22. The summed E-state index contributed by atoms with van der Waals surface area (Å²) in [5.74, 6) is 0. The average molecular weight is 431 g/mol. The second-order valence-electron chi connectivity index (χ2n) is 7.56. The summed E-state index contributed by atoms with van der Waals surface area (Å²) in [5, 5.41) is 0. The van der Waals surface area contributed by atoms with E-state index >= 15 is 0 Å². The topological polar surface area (TPSA) is 40.6 Å². The van der Waals surface area contributed by atoms with Crippen molar-refractivity contribution in [3.05, 3.63) is 125 Å². The number of benzene rings is 3. The van der Waals surface area contributed by atoms with Gasteiger partial charge >= 0.3 is 0 Å². The van der Waals surface area contributed by atoms with Crippen LogP contribution in [-0.2, 0) is 23.3 Å². The zero-order valence-electron chi connectivity index (χ0n) is 17.3. The minimum absolute atomic E-state index is 0.338. The van der Waals surface area contributed by atoms with Crippen molar-refractivity contribution in [1.29, 1.82) is 0 Å². The van der Waals surface area contributed by atoms with E-state index in [4.69, 9.17) is 0 Å². The third-order valence-electron chi connectivity index (χ3n) is 5.26. The van der Waals surface area contributed by atoms with Gasteiger partial charge in [0.25, 0.3) is 10.2 Å². The van der Waals surface area contributed by atoms with E-state index in [2.05, 4.69) is 0 Å². The van der Waals surface area contributed by atoms with E-state index in [0.717, 1.165) is 22.3 Å². The lowest BCUT2D eigenvalue weighted by Crippen LogP contribution is -2.42. The summed E-state index contributed by atoms with van der Waals surface area (Å²) in [6, 6.07) is 29.5. The van der Waals surface area contributed by atoms with Gasteiger partial charge < -0.3 is 0 Å². The highest BCUT2D eigenvalue weighted by Gasteiger charge is 2.32. The summed E-state index contributed by atoms with van der Waals surface area (Å²) in [6.07, 6.45) is 6.08. The second kappa shape index (κ2) is 9.88. The zero-order chi connectivity index (χ0) is 21.5. The second-order valence-corrected chi connectivity index (χ2v) is 9.49. The molecule has 4 nitrogen and oxygen atoms in total. The van der Waals surface area contributed by atoms with Gasteiger partial charge in [0.05, 0.1) is 0 Å². The minimum atomic E-state index is -3.63. The smallest absolute Gasteiger partial charge is 0.195 e. The van der Waals surface area contributed by atoms with Crippen molar-refractivity contribution >= 4 is 16.3 Å². The van der Waals surface area contributed by atoms with Gasteiger partial charge in [-0.2, -0.15) is 17.0 Å². The quantitative estimate of drug-likeness (QED) is 0.559. The maximum Gasteiger partial charge on any atom is 0.283 e. The maximum atomic E-state index is 13.6. The molecule has 4 rings (SSSR count). The summed E-state index contributed by atoms with van der Waals surface area (Å²) in [4.78, 5) is 0. The van der Waals surface area contributed by atoms with Crippen molar-refractivity contribution in [3.63, 3.8) is 0 Å². The first kappa shape index (κ1) is 21.2. The molecule has 0 fully saturated rings. The van der Waals surface area contributed by atoms with Crippen molar-refractivity contribution < 1.29 is 8.42 Å². The fourth-order valence-corrected chi connectivity index (χ4v) is 5.10. The number of rotatable bonds is 6. The largest absolute Gasteiger partial charge is 0.283 e. The molecule has 0 aromatic heterocycles. The molecule has 0 bridgehead atoms. The van der Waals surface area contributed by atoms with E-state index in [0.29, 0.717) is 26.2 Å². The Balaban J connectivity index is 1.63. The lowest BCUT2D eigenvalue weighted by atomic mass is 10.1. The molecule has 1 aliphatic rings. The molecular weight excluding hydrogens is 404 g/mol. The van der Waals surface area contributed by atoms with Gasteiger partial charge in [0.2, 0.25) is 0 Å². The molecule has 0 unspecified atom stereocenters. The molecule has 1 heterocycles. The van der Waals surface area contributed by atoms with Crippen LogP contribution >= 0.6 is 0 Å². The number of hydrogen-bond donors (Lipinski definition) is 0. The van der Waals surface area contributed by atoms with Gasteiger partial charge in [0, 0.05) is 26.2 Å². The van der Waals surface area contributed by atoms with Crippen LogP contribution in [0.1, 0.15) is 16.7 Å². The van der Waals surface area contributed by atoms with E-state index in [1.54, 1.807) is 8.61 Å². The molecule has 31 heavy (non-hydrogen) atoms. The molecule has 5 heteroatoms. The zero-order valence-corrected chi connectivity index (χ0v) is 18.2. The van der Waals surface area contributed by atoms with E-state index < -0.39 is 10.2 Å². The van der Waals surface area contributed by atoms with Gasteiger partial charge in [-0.1, -0.05) is 109 Å².